The molecule has 0 aromatic heterocycles. The maximum atomic E-state index is 13.1. The molecule has 2 aromatic carbocycles. The van der Waals surface area contributed by atoms with Crippen LogP contribution in [0.2, 0.25) is 0 Å². The van der Waals surface area contributed by atoms with Gasteiger partial charge < -0.3 is 10.0 Å². The Morgan fingerprint density at radius 1 is 1.07 bits per heavy atom. The molecule has 3 rings (SSSR count). The van der Waals surface area contributed by atoms with Crippen LogP contribution in [0, 0.1) is 5.92 Å². The van der Waals surface area contributed by atoms with Gasteiger partial charge in [-0.3, -0.25) is 4.79 Å². The molecule has 2 aromatic rings. The van der Waals surface area contributed by atoms with Crippen LogP contribution in [-0.2, 0) is 14.6 Å². The lowest BCUT2D eigenvalue weighted by Gasteiger charge is -2.15. The smallest absolute Gasteiger partial charge is 0.175 e. The van der Waals surface area contributed by atoms with Crippen molar-refractivity contribution in [3.8, 4) is 5.75 Å². The molecule has 1 aliphatic rings. The summed E-state index contributed by atoms with van der Waals surface area (Å²) in [6, 6.07) is 13.3. The summed E-state index contributed by atoms with van der Waals surface area (Å²) >= 11 is 0. The zero-order valence-electron chi connectivity index (χ0n) is 15.6. The van der Waals surface area contributed by atoms with Crippen LogP contribution in [0.5, 0.6) is 5.75 Å². The Labute approximate surface area is 159 Å². The Balaban J connectivity index is 2.10. The van der Waals surface area contributed by atoms with E-state index < -0.39 is 9.84 Å². The van der Waals surface area contributed by atoms with Gasteiger partial charge in [0.1, 0.15) is 5.75 Å². The van der Waals surface area contributed by atoms with Crippen LogP contribution in [0.4, 0.5) is 0 Å². The van der Waals surface area contributed by atoms with Crippen LogP contribution in [0.15, 0.2) is 53.4 Å². The van der Waals surface area contributed by atoms with Crippen molar-refractivity contribution in [2.75, 3.05) is 26.9 Å². The summed E-state index contributed by atoms with van der Waals surface area (Å²) in [5.41, 5.74) is 3.00. The van der Waals surface area contributed by atoms with Crippen molar-refractivity contribution < 1.29 is 18.3 Å². The van der Waals surface area contributed by atoms with Gasteiger partial charge in [-0.2, -0.15) is 0 Å². The summed E-state index contributed by atoms with van der Waals surface area (Å²) < 4.78 is 23.4. The maximum absolute atomic E-state index is 13.1. The first-order valence-corrected chi connectivity index (χ1v) is 10.6. The molecule has 6 heteroatoms. The maximum Gasteiger partial charge on any atom is 0.175 e. The Bertz CT molecular complexity index is 1000. The SMILES string of the molecule is CN(C)CC1CC(c2ccc(S(C)(=O)=O)cc2)=C(c2cccc(O)c2)C1=O. The Morgan fingerprint density at radius 2 is 1.74 bits per heavy atom. The quantitative estimate of drug-likeness (QED) is 0.857. The summed E-state index contributed by atoms with van der Waals surface area (Å²) in [5.74, 6) is -0.00550. The molecule has 0 heterocycles. The Hall–Kier alpha value is -2.44. The number of ketones is 1. The van der Waals surface area contributed by atoms with Crippen molar-refractivity contribution in [2.24, 2.45) is 5.92 Å². The fourth-order valence-corrected chi connectivity index (χ4v) is 4.16. The molecule has 1 N–H and O–H groups in total. The second kappa shape index (κ2) is 7.29. The number of aromatic hydroxyl groups is 1. The third-order valence-electron chi connectivity index (χ3n) is 4.72. The number of Topliss-reactive ketones (excluding diaryl/α,β-unsaturated/α-hetero) is 1. The number of hydrogen-bond donors (Lipinski definition) is 1. The van der Waals surface area contributed by atoms with Gasteiger partial charge in [0.2, 0.25) is 0 Å². The predicted octanol–water partition coefficient (Wildman–Crippen LogP) is 2.86. The van der Waals surface area contributed by atoms with Gasteiger partial charge in [0.15, 0.2) is 15.6 Å². The molecule has 0 aliphatic heterocycles. The van der Waals surface area contributed by atoms with Crippen molar-refractivity contribution in [2.45, 2.75) is 11.3 Å². The van der Waals surface area contributed by atoms with Gasteiger partial charge in [-0.05, 0) is 61.5 Å². The first-order valence-electron chi connectivity index (χ1n) is 8.69. The Kier molecular flexibility index (Phi) is 5.22. The number of hydrogen-bond acceptors (Lipinski definition) is 5. The number of benzene rings is 2. The molecule has 0 amide bonds. The largest absolute Gasteiger partial charge is 0.508 e. The zero-order chi connectivity index (χ0) is 19.8. The molecular weight excluding hydrogens is 362 g/mol. The molecule has 27 heavy (non-hydrogen) atoms. The number of phenolic OH excluding ortho intramolecular Hbond substituents is 1. The van der Waals surface area contributed by atoms with Crippen LogP contribution in [0.25, 0.3) is 11.1 Å². The van der Waals surface area contributed by atoms with E-state index in [0.717, 1.165) is 11.1 Å². The van der Waals surface area contributed by atoms with Crippen LogP contribution in [-0.4, -0.2) is 51.1 Å². The molecule has 0 saturated heterocycles. The lowest BCUT2D eigenvalue weighted by molar-refractivity contribution is -0.117. The predicted molar refractivity (Wildman–Crippen MR) is 106 cm³/mol. The number of allylic oxidation sites excluding steroid dienone is 2. The first-order chi connectivity index (χ1) is 12.7. The van der Waals surface area contributed by atoms with Gasteiger partial charge in [-0.25, -0.2) is 8.42 Å². The van der Waals surface area contributed by atoms with Gasteiger partial charge in [-0.1, -0.05) is 24.3 Å². The number of carbonyl (C=O) groups is 1. The van der Waals surface area contributed by atoms with Gasteiger partial charge >= 0.3 is 0 Å². The summed E-state index contributed by atoms with van der Waals surface area (Å²) in [6.07, 6.45) is 1.76. The molecular formula is C21H23NO4S. The lowest BCUT2D eigenvalue weighted by atomic mass is 9.96. The molecule has 1 aliphatic carbocycles. The standard InChI is InChI=1S/C21H23NO4S/c1-22(2)13-16-12-19(14-7-9-18(10-8-14)27(3,25)26)20(21(16)24)15-5-4-6-17(23)11-15/h4-11,16,23H,12-13H2,1-3H3. The summed E-state index contributed by atoms with van der Waals surface area (Å²) in [4.78, 5) is 15.3. The van der Waals surface area contributed by atoms with Crippen molar-refractivity contribution >= 4 is 26.8 Å². The van der Waals surface area contributed by atoms with Gasteiger partial charge in [0, 0.05) is 24.3 Å². The molecule has 5 nitrogen and oxygen atoms in total. The van der Waals surface area contributed by atoms with Crippen molar-refractivity contribution in [3.63, 3.8) is 0 Å². The average Bonchev–Trinajstić information content (AvgIpc) is 2.90. The lowest BCUT2D eigenvalue weighted by Crippen LogP contribution is -2.25. The third kappa shape index (κ3) is 4.12. The average molecular weight is 385 g/mol. The number of carbonyl (C=O) groups excluding carboxylic acids is 1. The van der Waals surface area contributed by atoms with Gasteiger partial charge in [0.25, 0.3) is 0 Å². The normalized spacial score (nSPS) is 17.8. The third-order valence-corrected chi connectivity index (χ3v) is 5.85. The topological polar surface area (TPSA) is 74.7 Å². The van der Waals surface area contributed by atoms with E-state index in [9.17, 15) is 18.3 Å². The molecule has 142 valence electrons. The zero-order valence-corrected chi connectivity index (χ0v) is 16.5. The van der Waals surface area contributed by atoms with Gasteiger partial charge in [-0.15, -0.1) is 0 Å². The second-order valence-corrected chi connectivity index (χ2v) is 9.24. The first kappa shape index (κ1) is 19.3. The van der Waals surface area contributed by atoms with Crippen LogP contribution >= 0.6 is 0 Å². The molecule has 0 radical (unpaired) electrons. The molecule has 0 spiro atoms. The van der Waals surface area contributed by atoms with Crippen molar-refractivity contribution in [1.29, 1.82) is 0 Å². The molecule has 0 bridgehead atoms. The minimum atomic E-state index is -3.27. The van der Waals surface area contributed by atoms with Crippen molar-refractivity contribution in [1.82, 2.24) is 4.90 Å². The minimum absolute atomic E-state index is 0.0523. The highest BCUT2D eigenvalue weighted by atomic mass is 32.2. The summed E-state index contributed by atoms with van der Waals surface area (Å²) in [7, 11) is 0.587. The van der Waals surface area contributed by atoms with Crippen LogP contribution in [0.3, 0.4) is 0 Å². The summed E-state index contributed by atoms with van der Waals surface area (Å²) in [5, 5.41) is 9.84. The Morgan fingerprint density at radius 3 is 2.30 bits per heavy atom. The van der Waals surface area contributed by atoms with E-state index in [4.69, 9.17) is 0 Å². The summed E-state index contributed by atoms with van der Waals surface area (Å²) in [6.45, 7) is 0.631. The van der Waals surface area contributed by atoms with E-state index in [0.29, 0.717) is 24.1 Å². The van der Waals surface area contributed by atoms with E-state index >= 15 is 0 Å². The van der Waals surface area contributed by atoms with E-state index in [1.54, 1.807) is 42.5 Å². The number of sulfone groups is 1. The monoisotopic (exact) mass is 385 g/mol. The van der Waals surface area contributed by atoms with Crippen molar-refractivity contribution in [3.05, 3.63) is 59.7 Å². The van der Waals surface area contributed by atoms with Crippen LogP contribution in [0.1, 0.15) is 17.5 Å². The number of nitrogens with zero attached hydrogens (tertiary/aromatic N) is 1. The second-order valence-electron chi connectivity index (χ2n) is 7.23. The highest BCUT2D eigenvalue weighted by molar-refractivity contribution is 7.90. The highest BCUT2D eigenvalue weighted by Gasteiger charge is 2.34. The van der Waals surface area contributed by atoms with E-state index in [1.165, 1.54) is 6.26 Å². The minimum Gasteiger partial charge on any atom is -0.508 e. The molecule has 1 unspecified atom stereocenters. The molecule has 0 fully saturated rings. The molecule has 1 atom stereocenters. The number of rotatable bonds is 5. The fraction of sp³-hybridized carbons (Fsp3) is 0.286. The van der Waals surface area contributed by atoms with E-state index in [2.05, 4.69) is 0 Å². The highest BCUT2D eigenvalue weighted by Crippen LogP contribution is 2.41. The van der Waals surface area contributed by atoms with E-state index in [-0.39, 0.29) is 22.3 Å². The van der Waals surface area contributed by atoms with Gasteiger partial charge in [0.05, 0.1) is 4.90 Å². The fourth-order valence-electron chi connectivity index (χ4n) is 3.53. The van der Waals surface area contributed by atoms with Crippen LogP contribution < -0.4 is 0 Å². The van der Waals surface area contributed by atoms with E-state index in [1.807, 2.05) is 25.1 Å². The molecule has 0 saturated carbocycles. The number of phenols is 1.